The molecular formula is C11H15ClFN3. The Balaban J connectivity index is 1.67. The summed E-state index contributed by atoms with van der Waals surface area (Å²) in [6, 6.07) is 1.99. The standard InChI is InChI=1S/C11H15ClFN3/c12-8-6-10(13)11(16-7-8)15-5-1-4-14-9-2-3-9/h6-7,9,14H,1-5H2,(H,15,16). The second kappa shape index (κ2) is 5.46. The highest BCUT2D eigenvalue weighted by molar-refractivity contribution is 6.30. The lowest BCUT2D eigenvalue weighted by Gasteiger charge is -2.07. The van der Waals surface area contributed by atoms with E-state index < -0.39 is 5.82 Å². The van der Waals surface area contributed by atoms with Crippen LogP contribution in [0.2, 0.25) is 5.02 Å². The van der Waals surface area contributed by atoms with E-state index in [9.17, 15) is 4.39 Å². The lowest BCUT2D eigenvalue weighted by atomic mass is 10.4. The van der Waals surface area contributed by atoms with E-state index in [2.05, 4.69) is 15.6 Å². The number of rotatable bonds is 6. The minimum absolute atomic E-state index is 0.274. The SMILES string of the molecule is Fc1cc(Cl)cnc1NCCCNC1CC1. The number of aromatic nitrogens is 1. The molecule has 0 radical (unpaired) electrons. The second-order valence-electron chi connectivity index (χ2n) is 3.99. The van der Waals surface area contributed by atoms with E-state index in [1.165, 1.54) is 25.1 Å². The van der Waals surface area contributed by atoms with Crippen LogP contribution >= 0.6 is 11.6 Å². The molecule has 1 saturated carbocycles. The van der Waals surface area contributed by atoms with Crippen molar-refractivity contribution < 1.29 is 4.39 Å². The first-order valence-electron chi connectivity index (χ1n) is 5.54. The van der Waals surface area contributed by atoms with Gasteiger partial charge in [0.05, 0.1) is 5.02 Å². The van der Waals surface area contributed by atoms with Crippen molar-refractivity contribution in [1.82, 2.24) is 10.3 Å². The zero-order chi connectivity index (χ0) is 11.4. The Morgan fingerprint density at radius 2 is 2.25 bits per heavy atom. The van der Waals surface area contributed by atoms with E-state index in [4.69, 9.17) is 11.6 Å². The number of nitrogens with one attached hydrogen (secondary N) is 2. The third-order valence-electron chi connectivity index (χ3n) is 2.46. The molecule has 0 amide bonds. The molecule has 1 aromatic rings. The van der Waals surface area contributed by atoms with Gasteiger partial charge in [0, 0.05) is 18.8 Å². The van der Waals surface area contributed by atoms with Gasteiger partial charge >= 0.3 is 0 Å². The van der Waals surface area contributed by atoms with Gasteiger partial charge in [-0.1, -0.05) is 11.6 Å². The Hall–Kier alpha value is -0.870. The predicted octanol–water partition coefficient (Wildman–Crippen LogP) is 2.43. The molecule has 0 aliphatic heterocycles. The third kappa shape index (κ3) is 3.61. The van der Waals surface area contributed by atoms with Gasteiger partial charge in [-0.05, 0) is 31.9 Å². The number of nitrogens with zero attached hydrogens (tertiary/aromatic N) is 1. The summed E-state index contributed by atoms with van der Waals surface area (Å²) in [5.74, 6) is -0.126. The molecule has 0 saturated heterocycles. The molecule has 1 aromatic heterocycles. The van der Waals surface area contributed by atoms with Crippen molar-refractivity contribution in [3.8, 4) is 0 Å². The summed E-state index contributed by atoms with van der Waals surface area (Å²) >= 11 is 5.60. The Morgan fingerprint density at radius 3 is 2.94 bits per heavy atom. The van der Waals surface area contributed by atoms with Crippen molar-refractivity contribution in [1.29, 1.82) is 0 Å². The molecule has 1 aliphatic carbocycles. The van der Waals surface area contributed by atoms with Gasteiger partial charge in [-0.25, -0.2) is 9.37 Å². The minimum atomic E-state index is -0.400. The fourth-order valence-electron chi connectivity index (χ4n) is 1.43. The molecule has 88 valence electrons. The molecule has 1 fully saturated rings. The molecule has 2 N–H and O–H groups in total. The van der Waals surface area contributed by atoms with Crippen molar-refractivity contribution in [3.05, 3.63) is 23.1 Å². The maximum absolute atomic E-state index is 13.3. The normalized spacial score (nSPS) is 15.1. The number of anilines is 1. The van der Waals surface area contributed by atoms with Crippen molar-refractivity contribution >= 4 is 17.4 Å². The molecule has 2 rings (SSSR count). The Bertz CT molecular complexity index is 355. The Kier molecular flexibility index (Phi) is 3.96. The molecule has 0 atom stereocenters. The molecule has 3 nitrogen and oxygen atoms in total. The van der Waals surface area contributed by atoms with Gasteiger partial charge in [0.2, 0.25) is 0 Å². The van der Waals surface area contributed by atoms with Crippen LogP contribution in [-0.4, -0.2) is 24.1 Å². The Labute approximate surface area is 99.4 Å². The summed E-state index contributed by atoms with van der Waals surface area (Å²) in [4.78, 5) is 3.88. The van der Waals surface area contributed by atoms with Crippen molar-refractivity contribution in [2.45, 2.75) is 25.3 Å². The summed E-state index contributed by atoms with van der Waals surface area (Å²) < 4.78 is 13.3. The lowest BCUT2D eigenvalue weighted by molar-refractivity contribution is 0.620. The maximum Gasteiger partial charge on any atom is 0.166 e. The lowest BCUT2D eigenvalue weighted by Crippen LogP contribution is -2.20. The topological polar surface area (TPSA) is 37.0 Å². The van der Waals surface area contributed by atoms with E-state index in [1.807, 2.05) is 0 Å². The van der Waals surface area contributed by atoms with Crippen LogP contribution in [0.5, 0.6) is 0 Å². The van der Waals surface area contributed by atoms with Gasteiger partial charge in [0.25, 0.3) is 0 Å². The average Bonchev–Trinajstić information content (AvgIpc) is 3.04. The van der Waals surface area contributed by atoms with Crippen LogP contribution in [-0.2, 0) is 0 Å². The average molecular weight is 244 g/mol. The highest BCUT2D eigenvalue weighted by Crippen LogP contribution is 2.18. The second-order valence-corrected chi connectivity index (χ2v) is 4.43. The maximum atomic E-state index is 13.3. The highest BCUT2D eigenvalue weighted by Gasteiger charge is 2.19. The van der Waals surface area contributed by atoms with Crippen molar-refractivity contribution in [2.24, 2.45) is 0 Å². The van der Waals surface area contributed by atoms with E-state index in [1.54, 1.807) is 0 Å². The summed E-state index contributed by atoms with van der Waals surface area (Å²) in [6.07, 6.45) is 4.98. The zero-order valence-corrected chi connectivity index (χ0v) is 9.73. The van der Waals surface area contributed by atoms with Crippen LogP contribution in [0.1, 0.15) is 19.3 Å². The summed E-state index contributed by atoms with van der Waals surface area (Å²) in [6.45, 7) is 1.68. The molecule has 0 unspecified atom stereocenters. The molecule has 16 heavy (non-hydrogen) atoms. The minimum Gasteiger partial charge on any atom is -0.368 e. The summed E-state index contributed by atoms with van der Waals surface area (Å²) in [5.41, 5.74) is 0. The first-order valence-corrected chi connectivity index (χ1v) is 5.92. The van der Waals surface area contributed by atoms with Crippen LogP contribution < -0.4 is 10.6 Å². The molecule has 1 heterocycles. The van der Waals surface area contributed by atoms with E-state index in [0.717, 1.165) is 19.0 Å². The molecule has 1 aliphatic rings. The summed E-state index contributed by atoms with van der Waals surface area (Å²) in [7, 11) is 0. The van der Waals surface area contributed by atoms with Gasteiger partial charge in [-0.3, -0.25) is 0 Å². The number of halogens is 2. The molecule has 5 heteroatoms. The highest BCUT2D eigenvalue weighted by atomic mass is 35.5. The first kappa shape index (κ1) is 11.6. The third-order valence-corrected chi connectivity index (χ3v) is 2.67. The van der Waals surface area contributed by atoms with Crippen LogP contribution in [0.4, 0.5) is 10.2 Å². The van der Waals surface area contributed by atoms with Gasteiger partial charge in [-0.2, -0.15) is 0 Å². The molecule has 0 aromatic carbocycles. The summed E-state index contributed by atoms with van der Waals surface area (Å²) in [5, 5.41) is 6.66. The molecular weight excluding hydrogens is 229 g/mol. The van der Waals surface area contributed by atoms with E-state index >= 15 is 0 Å². The van der Waals surface area contributed by atoms with Crippen LogP contribution in [0.3, 0.4) is 0 Å². The van der Waals surface area contributed by atoms with Crippen LogP contribution in [0.15, 0.2) is 12.3 Å². The van der Waals surface area contributed by atoms with E-state index in [-0.39, 0.29) is 5.82 Å². The van der Waals surface area contributed by atoms with Gasteiger partial charge < -0.3 is 10.6 Å². The number of hydrogen-bond acceptors (Lipinski definition) is 3. The molecule has 0 spiro atoms. The fourth-order valence-corrected chi connectivity index (χ4v) is 1.58. The number of pyridine rings is 1. The number of hydrogen-bond donors (Lipinski definition) is 2. The monoisotopic (exact) mass is 243 g/mol. The van der Waals surface area contributed by atoms with Gasteiger partial charge in [-0.15, -0.1) is 0 Å². The Morgan fingerprint density at radius 1 is 1.44 bits per heavy atom. The predicted molar refractivity (Wildman–Crippen MR) is 63.3 cm³/mol. The zero-order valence-electron chi connectivity index (χ0n) is 8.97. The molecule has 0 bridgehead atoms. The van der Waals surface area contributed by atoms with E-state index in [0.29, 0.717) is 11.6 Å². The smallest absolute Gasteiger partial charge is 0.166 e. The quantitative estimate of drug-likeness (QED) is 0.754. The van der Waals surface area contributed by atoms with Gasteiger partial charge in [0.15, 0.2) is 11.6 Å². The van der Waals surface area contributed by atoms with Gasteiger partial charge in [0.1, 0.15) is 0 Å². The van der Waals surface area contributed by atoms with Crippen molar-refractivity contribution in [3.63, 3.8) is 0 Å². The van der Waals surface area contributed by atoms with Crippen LogP contribution in [0, 0.1) is 5.82 Å². The largest absolute Gasteiger partial charge is 0.368 e. The fraction of sp³-hybridized carbons (Fsp3) is 0.545. The first-order chi connectivity index (χ1) is 7.75. The van der Waals surface area contributed by atoms with Crippen molar-refractivity contribution in [2.75, 3.05) is 18.4 Å². The van der Waals surface area contributed by atoms with Crippen LogP contribution in [0.25, 0.3) is 0 Å².